The molecule has 0 rings (SSSR count). The molecule has 0 radical (unpaired) electrons. The summed E-state index contributed by atoms with van der Waals surface area (Å²) in [5.41, 5.74) is 0. The van der Waals surface area contributed by atoms with Crippen molar-refractivity contribution in [3.63, 3.8) is 0 Å². The molecule has 0 aromatic heterocycles. The van der Waals surface area contributed by atoms with Crippen molar-refractivity contribution in [1.82, 2.24) is 5.32 Å². The van der Waals surface area contributed by atoms with Gasteiger partial charge in [-0.05, 0) is 7.05 Å². The fourth-order valence-corrected chi connectivity index (χ4v) is 0.309. The second-order valence-electron chi connectivity index (χ2n) is 0.924. The van der Waals surface area contributed by atoms with Gasteiger partial charge >= 0.3 is 0 Å². The van der Waals surface area contributed by atoms with E-state index >= 15 is 0 Å². The van der Waals surface area contributed by atoms with Gasteiger partial charge in [0, 0.05) is 0 Å². The van der Waals surface area contributed by atoms with Crippen molar-refractivity contribution in [2.75, 3.05) is 13.6 Å². The van der Waals surface area contributed by atoms with Crippen LogP contribution in [0.25, 0.3) is 0 Å². The smallest absolute Gasteiger partial charge is 0.199 e. The first kappa shape index (κ1) is 5.98. The Morgan fingerprint density at radius 2 is 2.50 bits per heavy atom. The van der Waals surface area contributed by atoms with Crippen LogP contribution < -0.4 is 5.32 Å². The SMILES string of the molecule is CNCC(=O)S. The third-order valence-corrected chi connectivity index (χ3v) is 0.486. The van der Waals surface area contributed by atoms with E-state index in [4.69, 9.17) is 0 Å². The van der Waals surface area contributed by atoms with Gasteiger partial charge in [0.1, 0.15) is 0 Å². The molecule has 0 spiro atoms. The highest BCUT2D eigenvalue weighted by atomic mass is 32.1. The maximum absolute atomic E-state index is 9.85. The molecule has 0 saturated heterocycles. The zero-order chi connectivity index (χ0) is 4.99. The summed E-state index contributed by atoms with van der Waals surface area (Å²) in [6, 6.07) is 0. The minimum absolute atomic E-state index is 0.127. The number of hydrogen-bond acceptors (Lipinski definition) is 2. The fraction of sp³-hybridized carbons (Fsp3) is 0.667. The summed E-state index contributed by atoms with van der Waals surface area (Å²) in [5, 5.41) is 2.51. The van der Waals surface area contributed by atoms with Gasteiger partial charge in [0.25, 0.3) is 0 Å². The van der Waals surface area contributed by atoms with E-state index in [1.54, 1.807) is 7.05 Å². The van der Waals surface area contributed by atoms with E-state index in [-0.39, 0.29) is 5.12 Å². The van der Waals surface area contributed by atoms with E-state index < -0.39 is 0 Å². The van der Waals surface area contributed by atoms with Crippen LogP contribution in [0.2, 0.25) is 0 Å². The number of nitrogens with one attached hydrogen (secondary N) is 1. The van der Waals surface area contributed by atoms with Gasteiger partial charge < -0.3 is 5.32 Å². The van der Waals surface area contributed by atoms with Gasteiger partial charge in [-0.1, -0.05) is 0 Å². The van der Waals surface area contributed by atoms with Crippen molar-refractivity contribution in [3.8, 4) is 0 Å². The zero-order valence-corrected chi connectivity index (χ0v) is 4.46. The standard InChI is InChI=1S/C3H7NOS/c1-4-2-3(5)6/h4H,2H2,1H3,(H,5,6). The molecule has 0 aliphatic heterocycles. The molecule has 0 unspecified atom stereocenters. The Balaban J connectivity index is 2.83. The maximum atomic E-state index is 9.85. The second kappa shape index (κ2) is 3.18. The average molecular weight is 105 g/mol. The molecule has 2 nitrogen and oxygen atoms in total. The van der Waals surface area contributed by atoms with Crippen LogP contribution in [-0.2, 0) is 4.79 Å². The summed E-state index contributed by atoms with van der Waals surface area (Å²) in [7, 11) is 1.70. The molecular formula is C3H7NOS. The lowest BCUT2D eigenvalue weighted by atomic mass is 10.7. The monoisotopic (exact) mass is 105 g/mol. The predicted octanol–water partition coefficient (Wildman–Crippen LogP) is -0.338. The van der Waals surface area contributed by atoms with Gasteiger partial charge in [-0.25, -0.2) is 0 Å². The lowest BCUT2D eigenvalue weighted by Crippen LogP contribution is -2.13. The van der Waals surface area contributed by atoms with Crippen molar-refractivity contribution in [1.29, 1.82) is 0 Å². The molecule has 0 atom stereocenters. The highest BCUT2D eigenvalue weighted by Gasteiger charge is 1.83. The Kier molecular flexibility index (Phi) is 3.17. The third-order valence-electron chi connectivity index (χ3n) is 0.328. The first-order chi connectivity index (χ1) is 2.77. The molecule has 0 saturated carbocycles. The summed E-state index contributed by atoms with van der Waals surface area (Å²) in [4.78, 5) is 9.85. The molecule has 0 aliphatic carbocycles. The number of carbonyl (C=O) groups is 1. The van der Waals surface area contributed by atoms with Gasteiger partial charge in [0.05, 0.1) is 6.54 Å². The Morgan fingerprint density at radius 1 is 2.00 bits per heavy atom. The molecular weight excluding hydrogens is 98.1 g/mol. The highest BCUT2D eigenvalue weighted by molar-refractivity contribution is 7.96. The normalized spacial score (nSPS) is 8.33. The molecule has 0 aromatic rings. The lowest BCUT2D eigenvalue weighted by molar-refractivity contribution is -0.110. The first-order valence-electron chi connectivity index (χ1n) is 1.63. The minimum atomic E-state index is -0.127. The molecule has 36 valence electrons. The molecule has 0 heterocycles. The number of rotatable bonds is 2. The first-order valence-corrected chi connectivity index (χ1v) is 2.08. The van der Waals surface area contributed by atoms with Gasteiger partial charge in [-0.15, -0.1) is 12.6 Å². The molecule has 3 heteroatoms. The minimum Gasteiger partial charge on any atom is -0.312 e. The van der Waals surface area contributed by atoms with Gasteiger partial charge in [-0.2, -0.15) is 0 Å². The summed E-state index contributed by atoms with van der Waals surface area (Å²) in [6.45, 7) is 0.350. The molecule has 0 amide bonds. The van der Waals surface area contributed by atoms with E-state index in [1.165, 1.54) is 0 Å². The molecule has 6 heavy (non-hydrogen) atoms. The average Bonchev–Trinajstić information content (AvgIpc) is 1.35. The summed E-state index contributed by atoms with van der Waals surface area (Å²) in [5.74, 6) is 0. The Bertz CT molecular complexity index is 54.8. The topological polar surface area (TPSA) is 29.1 Å². The van der Waals surface area contributed by atoms with Crippen LogP contribution in [0.3, 0.4) is 0 Å². The van der Waals surface area contributed by atoms with E-state index in [1.807, 2.05) is 0 Å². The van der Waals surface area contributed by atoms with Crippen LogP contribution in [0, 0.1) is 0 Å². The van der Waals surface area contributed by atoms with Gasteiger partial charge in [0.15, 0.2) is 5.12 Å². The second-order valence-corrected chi connectivity index (χ2v) is 1.42. The molecule has 0 bridgehead atoms. The number of thiol groups is 1. The summed E-state index contributed by atoms with van der Waals surface area (Å²) < 4.78 is 0. The van der Waals surface area contributed by atoms with Crippen molar-refractivity contribution in [3.05, 3.63) is 0 Å². The summed E-state index contributed by atoms with van der Waals surface area (Å²) in [6.07, 6.45) is 0. The van der Waals surface area contributed by atoms with E-state index in [9.17, 15) is 4.79 Å². The van der Waals surface area contributed by atoms with E-state index in [0.29, 0.717) is 6.54 Å². The number of hydrogen-bond donors (Lipinski definition) is 2. The van der Waals surface area contributed by atoms with Gasteiger partial charge in [-0.3, -0.25) is 4.79 Å². The van der Waals surface area contributed by atoms with Crippen LogP contribution in [0.5, 0.6) is 0 Å². The van der Waals surface area contributed by atoms with Crippen molar-refractivity contribution < 1.29 is 4.79 Å². The summed E-state index contributed by atoms with van der Waals surface area (Å²) >= 11 is 3.48. The van der Waals surface area contributed by atoms with E-state index in [2.05, 4.69) is 17.9 Å². The van der Waals surface area contributed by atoms with Crippen LogP contribution >= 0.6 is 12.6 Å². The van der Waals surface area contributed by atoms with Gasteiger partial charge in [0.2, 0.25) is 0 Å². The molecule has 0 fully saturated rings. The predicted molar refractivity (Wildman–Crippen MR) is 27.9 cm³/mol. The van der Waals surface area contributed by atoms with Crippen molar-refractivity contribution in [2.24, 2.45) is 0 Å². The molecule has 0 aliphatic rings. The van der Waals surface area contributed by atoms with Crippen LogP contribution in [0.1, 0.15) is 0 Å². The Morgan fingerprint density at radius 3 is 2.50 bits per heavy atom. The number of carbonyl (C=O) groups excluding carboxylic acids is 1. The van der Waals surface area contributed by atoms with Crippen LogP contribution in [-0.4, -0.2) is 18.7 Å². The third kappa shape index (κ3) is 3.98. The number of likely N-dealkylation sites (N-methyl/N-ethyl adjacent to an activating group) is 1. The Hall–Kier alpha value is -0.0200. The van der Waals surface area contributed by atoms with Crippen LogP contribution in [0.4, 0.5) is 0 Å². The lowest BCUT2D eigenvalue weighted by Gasteiger charge is -1.84. The largest absolute Gasteiger partial charge is 0.312 e. The Labute approximate surface area is 42.3 Å². The van der Waals surface area contributed by atoms with E-state index in [0.717, 1.165) is 0 Å². The maximum Gasteiger partial charge on any atom is 0.199 e. The molecule has 0 aromatic carbocycles. The molecule has 1 N–H and O–H groups in total. The van der Waals surface area contributed by atoms with Crippen LogP contribution in [0.15, 0.2) is 0 Å². The fourth-order valence-electron chi connectivity index (χ4n) is 0.151. The zero-order valence-electron chi connectivity index (χ0n) is 3.56. The highest BCUT2D eigenvalue weighted by Crippen LogP contribution is 1.69. The van der Waals surface area contributed by atoms with Crippen molar-refractivity contribution >= 4 is 17.7 Å². The van der Waals surface area contributed by atoms with Crippen molar-refractivity contribution in [2.45, 2.75) is 0 Å². The quantitative estimate of drug-likeness (QED) is 0.470.